The van der Waals surface area contributed by atoms with E-state index < -0.39 is 5.97 Å². The Morgan fingerprint density at radius 1 is 1.24 bits per heavy atom. The standard InChI is InChI=1S/C16H20ClNO3/c17-13-6-4-5-12(9-13)15(21)18-11-16(10-14(19)20)7-2-1-3-8-16/h4-6,9H,1-3,7-8,10-11H2,(H,18,21)(H,19,20). The van der Waals surface area contributed by atoms with E-state index in [1.165, 1.54) is 0 Å². The summed E-state index contributed by atoms with van der Waals surface area (Å²) in [5, 5.41) is 12.5. The molecule has 1 aliphatic rings. The van der Waals surface area contributed by atoms with Gasteiger partial charge in [-0.15, -0.1) is 0 Å². The van der Waals surface area contributed by atoms with Crippen molar-refractivity contribution in [3.05, 3.63) is 34.9 Å². The summed E-state index contributed by atoms with van der Waals surface area (Å²) in [4.78, 5) is 23.3. The van der Waals surface area contributed by atoms with Crippen LogP contribution in [-0.4, -0.2) is 23.5 Å². The van der Waals surface area contributed by atoms with Crippen LogP contribution in [0.4, 0.5) is 0 Å². The molecule has 5 heteroatoms. The van der Waals surface area contributed by atoms with Gasteiger partial charge in [0.15, 0.2) is 0 Å². The highest BCUT2D eigenvalue weighted by Gasteiger charge is 2.34. The third-order valence-corrected chi connectivity index (χ3v) is 4.39. The lowest BCUT2D eigenvalue weighted by Gasteiger charge is -2.36. The maximum absolute atomic E-state index is 12.2. The van der Waals surface area contributed by atoms with Crippen molar-refractivity contribution in [2.24, 2.45) is 5.41 Å². The van der Waals surface area contributed by atoms with Gasteiger partial charge < -0.3 is 10.4 Å². The Morgan fingerprint density at radius 2 is 1.95 bits per heavy atom. The smallest absolute Gasteiger partial charge is 0.303 e. The van der Waals surface area contributed by atoms with Crippen LogP contribution in [0, 0.1) is 5.41 Å². The van der Waals surface area contributed by atoms with Crippen LogP contribution in [0.15, 0.2) is 24.3 Å². The summed E-state index contributed by atoms with van der Waals surface area (Å²) in [5.74, 6) is -0.998. The van der Waals surface area contributed by atoms with Crippen LogP contribution in [-0.2, 0) is 4.79 Å². The van der Waals surface area contributed by atoms with E-state index in [0.717, 1.165) is 32.1 Å². The summed E-state index contributed by atoms with van der Waals surface area (Å²) in [7, 11) is 0. The Kier molecular flexibility index (Phi) is 5.23. The minimum atomic E-state index is -0.797. The summed E-state index contributed by atoms with van der Waals surface area (Å²) >= 11 is 5.88. The highest BCUT2D eigenvalue weighted by atomic mass is 35.5. The molecular weight excluding hydrogens is 290 g/mol. The zero-order valence-corrected chi connectivity index (χ0v) is 12.7. The Bertz CT molecular complexity index is 524. The molecule has 0 bridgehead atoms. The number of hydrogen-bond acceptors (Lipinski definition) is 2. The molecule has 0 radical (unpaired) electrons. The predicted octanol–water partition coefficient (Wildman–Crippen LogP) is 3.50. The van der Waals surface area contributed by atoms with Crippen LogP contribution < -0.4 is 5.32 Å². The van der Waals surface area contributed by atoms with Gasteiger partial charge in [-0.3, -0.25) is 9.59 Å². The van der Waals surface area contributed by atoms with Crippen LogP contribution >= 0.6 is 11.6 Å². The zero-order chi connectivity index (χ0) is 15.3. The first-order valence-electron chi connectivity index (χ1n) is 7.26. The first kappa shape index (κ1) is 15.8. The second-order valence-corrected chi connectivity index (χ2v) is 6.26. The van der Waals surface area contributed by atoms with E-state index in [1.54, 1.807) is 24.3 Å². The molecule has 0 unspecified atom stereocenters. The molecule has 21 heavy (non-hydrogen) atoms. The second-order valence-electron chi connectivity index (χ2n) is 5.82. The van der Waals surface area contributed by atoms with Crippen LogP contribution in [0.5, 0.6) is 0 Å². The van der Waals surface area contributed by atoms with E-state index in [1.807, 2.05) is 0 Å². The van der Waals surface area contributed by atoms with Gasteiger partial charge in [-0.25, -0.2) is 0 Å². The van der Waals surface area contributed by atoms with Crippen molar-refractivity contribution in [3.63, 3.8) is 0 Å². The number of carbonyl (C=O) groups excluding carboxylic acids is 1. The summed E-state index contributed by atoms with van der Waals surface area (Å²) in [5.41, 5.74) is 0.196. The number of halogens is 1. The summed E-state index contributed by atoms with van der Waals surface area (Å²) in [6.45, 7) is 0.407. The number of benzene rings is 1. The third kappa shape index (κ3) is 4.46. The van der Waals surface area contributed by atoms with Gasteiger partial charge in [0.2, 0.25) is 0 Å². The number of carboxylic acids is 1. The van der Waals surface area contributed by atoms with Gasteiger partial charge in [0, 0.05) is 17.1 Å². The number of nitrogens with one attached hydrogen (secondary N) is 1. The third-order valence-electron chi connectivity index (χ3n) is 4.15. The van der Waals surface area contributed by atoms with Gasteiger partial charge in [0.25, 0.3) is 5.91 Å². The molecule has 0 atom stereocenters. The fourth-order valence-corrected chi connectivity index (χ4v) is 3.23. The van der Waals surface area contributed by atoms with Crippen LogP contribution in [0.25, 0.3) is 0 Å². The highest BCUT2D eigenvalue weighted by Crippen LogP contribution is 2.38. The van der Waals surface area contributed by atoms with Crippen molar-refractivity contribution in [1.29, 1.82) is 0 Å². The lowest BCUT2D eigenvalue weighted by Crippen LogP contribution is -2.40. The topological polar surface area (TPSA) is 66.4 Å². The molecule has 2 N–H and O–H groups in total. The summed E-state index contributed by atoms with van der Waals surface area (Å²) in [6, 6.07) is 6.75. The Labute approximate surface area is 129 Å². The fraction of sp³-hybridized carbons (Fsp3) is 0.500. The number of rotatable bonds is 5. The molecule has 1 amide bonds. The first-order chi connectivity index (χ1) is 10.0. The molecule has 0 aliphatic heterocycles. The Hall–Kier alpha value is -1.55. The van der Waals surface area contributed by atoms with Crippen molar-refractivity contribution in [2.75, 3.05) is 6.54 Å². The minimum absolute atomic E-state index is 0.114. The number of carbonyl (C=O) groups is 2. The number of aliphatic carboxylic acids is 1. The SMILES string of the molecule is O=C(O)CC1(CNC(=O)c2cccc(Cl)c2)CCCCC1. The number of amides is 1. The molecule has 1 aromatic carbocycles. The van der Waals surface area contributed by atoms with Crippen molar-refractivity contribution < 1.29 is 14.7 Å². The average Bonchev–Trinajstić information content (AvgIpc) is 2.45. The number of carboxylic acid groups (broad SMARTS) is 1. The fourth-order valence-electron chi connectivity index (χ4n) is 3.04. The molecule has 1 saturated carbocycles. The van der Waals surface area contributed by atoms with E-state index >= 15 is 0 Å². The largest absolute Gasteiger partial charge is 0.481 e. The monoisotopic (exact) mass is 309 g/mol. The van der Waals surface area contributed by atoms with E-state index in [-0.39, 0.29) is 17.7 Å². The van der Waals surface area contributed by atoms with Crippen molar-refractivity contribution >= 4 is 23.5 Å². The van der Waals surface area contributed by atoms with Gasteiger partial charge in [0.05, 0.1) is 6.42 Å². The molecule has 1 fully saturated rings. The Morgan fingerprint density at radius 3 is 2.57 bits per heavy atom. The lowest BCUT2D eigenvalue weighted by molar-refractivity contribution is -0.140. The van der Waals surface area contributed by atoms with Crippen LogP contribution in [0.2, 0.25) is 5.02 Å². The van der Waals surface area contributed by atoms with Crippen LogP contribution in [0.3, 0.4) is 0 Å². The van der Waals surface area contributed by atoms with Gasteiger partial charge in [-0.1, -0.05) is 36.9 Å². The molecule has 1 aromatic rings. The summed E-state index contributed by atoms with van der Waals surface area (Å²) in [6.07, 6.45) is 5.03. The molecule has 4 nitrogen and oxygen atoms in total. The molecule has 0 saturated heterocycles. The summed E-state index contributed by atoms with van der Waals surface area (Å²) < 4.78 is 0. The molecule has 0 aromatic heterocycles. The molecule has 0 spiro atoms. The molecule has 0 heterocycles. The minimum Gasteiger partial charge on any atom is -0.481 e. The maximum Gasteiger partial charge on any atom is 0.303 e. The number of hydrogen-bond donors (Lipinski definition) is 2. The Balaban J connectivity index is 2.01. The normalized spacial score (nSPS) is 17.2. The quantitative estimate of drug-likeness (QED) is 0.875. The lowest BCUT2D eigenvalue weighted by atomic mass is 9.71. The van der Waals surface area contributed by atoms with Crippen molar-refractivity contribution in [1.82, 2.24) is 5.32 Å². The van der Waals surface area contributed by atoms with E-state index in [4.69, 9.17) is 16.7 Å². The van der Waals surface area contributed by atoms with Crippen molar-refractivity contribution in [2.45, 2.75) is 38.5 Å². The van der Waals surface area contributed by atoms with Crippen molar-refractivity contribution in [3.8, 4) is 0 Å². The zero-order valence-electron chi connectivity index (χ0n) is 11.9. The maximum atomic E-state index is 12.2. The second kappa shape index (κ2) is 6.94. The average molecular weight is 310 g/mol. The van der Waals surface area contributed by atoms with Crippen LogP contribution in [0.1, 0.15) is 48.9 Å². The van der Waals surface area contributed by atoms with E-state index in [2.05, 4.69) is 5.32 Å². The van der Waals surface area contributed by atoms with E-state index in [0.29, 0.717) is 17.1 Å². The molecule has 1 aliphatic carbocycles. The predicted molar refractivity (Wildman–Crippen MR) is 81.6 cm³/mol. The molecule has 2 rings (SSSR count). The van der Waals surface area contributed by atoms with E-state index in [9.17, 15) is 9.59 Å². The molecule has 114 valence electrons. The highest BCUT2D eigenvalue weighted by molar-refractivity contribution is 6.30. The van der Waals surface area contributed by atoms with Gasteiger partial charge in [-0.2, -0.15) is 0 Å². The molecular formula is C16H20ClNO3. The first-order valence-corrected chi connectivity index (χ1v) is 7.64. The van der Waals surface area contributed by atoms with Gasteiger partial charge in [0.1, 0.15) is 0 Å². The van der Waals surface area contributed by atoms with Gasteiger partial charge in [-0.05, 0) is 36.5 Å². The van der Waals surface area contributed by atoms with Gasteiger partial charge >= 0.3 is 5.97 Å².